The van der Waals surface area contributed by atoms with Crippen molar-refractivity contribution in [3.63, 3.8) is 0 Å². The smallest absolute Gasteiger partial charge is 0.141 e. The van der Waals surface area contributed by atoms with Gasteiger partial charge < -0.3 is 4.74 Å². The Morgan fingerprint density at radius 3 is 2.63 bits per heavy atom. The van der Waals surface area contributed by atoms with E-state index in [1.54, 1.807) is 7.11 Å². The fraction of sp³-hybridized carbons (Fsp3) is 0.188. The summed E-state index contributed by atoms with van der Waals surface area (Å²) in [6, 6.07) is 15.5. The van der Waals surface area contributed by atoms with Gasteiger partial charge in [-0.05, 0) is 23.8 Å². The van der Waals surface area contributed by atoms with Crippen LogP contribution < -0.4 is 4.74 Å². The zero-order chi connectivity index (χ0) is 13.7. The third-order valence-corrected chi connectivity index (χ3v) is 3.36. The first kappa shape index (κ1) is 13.8. The van der Waals surface area contributed by atoms with Crippen LogP contribution in [0.4, 0.5) is 0 Å². The van der Waals surface area contributed by atoms with Crippen molar-refractivity contribution >= 4 is 21.7 Å². The first-order valence-electron chi connectivity index (χ1n) is 6.07. The highest BCUT2D eigenvalue weighted by Crippen LogP contribution is 2.19. The number of benzene rings is 2. The Morgan fingerprint density at radius 2 is 1.89 bits per heavy atom. The monoisotopic (exact) mass is 318 g/mol. The van der Waals surface area contributed by atoms with Crippen LogP contribution in [0.5, 0.6) is 5.75 Å². The van der Waals surface area contributed by atoms with E-state index in [2.05, 4.69) is 15.9 Å². The Balaban J connectivity index is 2.05. The molecule has 0 radical (unpaired) electrons. The largest absolute Gasteiger partial charge is 0.496 e. The minimum absolute atomic E-state index is 0.183. The molecular formula is C16H15BrO2. The van der Waals surface area contributed by atoms with Crippen molar-refractivity contribution in [3.8, 4) is 5.75 Å². The summed E-state index contributed by atoms with van der Waals surface area (Å²) in [7, 11) is 1.62. The van der Waals surface area contributed by atoms with Crippen LogP contribution in [0, 0.1) is 0 Å². The van der Waals surface area contributed by atoms with E-state index in [4.69, 9.17) is 4.74 Å². The van der Waals surface area contributed by atoms with Gasteiger partial charge in [-0.2, -0.15) is 0 Å². The van der Waals surface area contributed by atoms with Gasteiger partial charge in [0.05, 0.1) is 7.11 Å². The van der Waals surface area contributed by atoms with Gasteiger partial charge in [0, 0.05) is 22.9 Å². The maximum absolute atomic E-state index is 12.1. The maximum atomic E-state index is 12.1. The molecule has 0 aliphatic heterocycles. The molecule has 0 saturated heterocycles. The van der Waals surface area contributed by atoms with E-state index in [1.165, 1.54) is 0 Å². The third-order valence-electron chi connectivity index (χ3n) is 2.87. The average Bonchev–Trinajstić information content (AvgIpc) is 2.39. The van der Waals surface area contributed by atoms with Crippen molar-refractivity contribution in [1.29, 1.82) is 0 Å². The number of Topliss-reactive ketones (excluding diaryl/α,β-unsaturated/α-hetero) is 1. The van der Waals surface area contributed by atoms with Crippen LogP contribution in [0.3, 0.4) is 0 Å². The second-order valence-corrected chi connectivity index (χ2v) is 5.25. The summed E-state index contributed by atoms with van der Waals surface area (Å²) < 4.78 is 6.25. The lowest BCUT2D eigenvalue weighted by Crippen LogP contribution is -2.07. The SMILES string of the molecule is COc1ccccc1CC(=O)Cc1cccc(Br)c1. The topological polar surface area (TPSA) is 26.3 Å². The Kier molecular flexibility index (Phi) is 4.74. The molecule has 0 unspecified atom stereocenters. The maximum Gasteiger partial charge on any atom is 0.141 e. The van der Waals surface area contributed by atoms with Gasteiger partial charge in [0.15, 0.2) is 0 Å². The first-order valence-corrected chi connectivity index (χ1v) is 6.86. The van der Waals surface area contributed by atoms with Gasteiger partial charge in [0.1, 0.15) is 11.5 Å². The molecule has 0 bridgehead atoms. The van der Waals surface area contributed by atoms with E-state index in [1.807, 2.05) is 48.5 Å². The predicted octanol–water partition coefficient (Wildman–Crippen LogP) is 3.81. The number of ketones is 1. The van der Waals surface area contributed by atoms with E-state index in [-0.39, 0.29) is 5.78 Å². The van der Waals surface area contributed by atoms with Gasteiger partial charge in [-0.15, -0.1) is 0 Å². The van der Waals surface area contributed by atoms with Gasteiger partial charge >= 0.3 is 0 Å². The van der Waals surface area contributed by atoms with Crippen molar-refractivity contribution in [2.45, 2.75) is 12.8 Å². The molecule has 0 spiro atoms. The van der Waals surface area contributed by atoms with Crippen molar-refractivity contribution in [2.75, 3.05) is 7.11 Å². The first-order chi connectivity index (χ1) is 9.19. The molecule has 0 aliphatic rings. The van der Waals surface area contributed by atoms with Gasteiger partial charge in [-0.1, -0.05) is 46.3 Å². The molecule has 0 atom stereocenters. The summed E-state index contributed by atoms with van der Waals surface area (Å²) in [6.45, 7) is 0. The molecule has 98 valence electrons. The van der Waals surface area contributed by atoms with Crippen molar-refractivity contribution < 1.29 is 9.53 Å². The quantitative estimate of drug-likeness (QED) is 0.838. The molecule has 0 saturated carbocycles. The van der Waals surface area contributed by atoms with E-state index < -0.39 is 0 Å². The predicted molar refractivity (Wildman–Crippen MR) is 79.6 cm³/mol. The molecule has 19 heavy (non-hydrogen) atoms. The van der Waals surface area contributed by atoms with Crippen LogP contribution in [0.15, 0.2) is 53.0 Å². The van der Waals surface area contributed by atoms with Crippen LogP contribution in [0.25, 0.3) is 0 Å². The summed E-state index contributed by atoms with van der Waals surface area (Å²) in [5.74, 6) is 0.952. The molecule has 0 aromatic heterocycles. The lowest BCUT2D eigenvalue weighted by Gasteiger charge is -2.07. The number of hydrogen-bond acceptors (Lipinski definition) is 2. The minimum Gasteiger partial charge on any atom is -0.496 e. The molecule has 3 heteroatoms. The molecular weight excluding hydrogens is 304 g/mol. The lowest BCUT2D eigenvalue weighted by molar-refractivity contribution is -0.117. The summed E-state index contributed by atoms with van der Waals surface area (Å²) in [5, 5.41) is 0. The Labute approximate surface area is 121 Å². The Hall–Kier alpha value is -1.61. The highest BCUT2D eigenvalue weighted by atomic mass is 79.9. The van der Waals surface area contributed by atoms with Crippen molar-refractivity contribution in [1.82, 2.24) is 0 Å². The molecule has 0 N–H and O–H groups in total. The van der Waals surface area contributed by atoms with Gasteiger partial charge in [0.25, 0.3) is 0 Å². The number of para-hydroxylation sites is 1. The fourth-order valence-corrected chi connectivity index (χ4v) is 2.45. The standard InChI is InChI=1S/C16H15BrO2/c1-19-16-8-3-2-6-13(16)11-15(18)10-12-5-4-7-14(17)9-12/h2-9H,10-11H2,1H3. The third kappa shape index (κ3) is 3.93. The number of hydrogen-bond donors (Lipinski definition) is 0. The molecule has 2 aromatic rings. The number of halogens is 1. The average molecular weight is 319 g/mol. The minimum atomic E-state index is 0.183. The van der Waals surface area contributed by atoms with Crippen molar-refractivity contribution in [2.24, 2.45) is 0 Å². The van der Waals surface area contributed by atoms with Crippen LogP contribution in [-0.2, 0) is 17.6 Å². The highest BCUT2D eigenvalue weighted by Gasteiger charge is 2.09. The summed E-state index contributed by atoms with van der Waals surface area (Å²) in [4.78, 5) is 12.1. The van der Waals surface area contributed by atoms with Crippen LogP contribution in [0.1, 0.15) is 11.1 Å². The molecule has 2 aromatic carbocycles. The van der Waals surface area contributed by atoms with Crippen LogP contribution in [0.2, 0.25) is 0 Å². The van der Waals surface area contributed by atoms with Crippen LogP contribution in [-0.4, -0.2) is 12.9 Å². The molecule has 2 nitrogen and oxygen atoms in total. The second kappa shape index (κ2) is 6.53. The molecule has 0 fully saturated rings. The molecule has 0 heterocycles. The highest BCUT2D eigenvalue weighted by molar-refractivity contribution is 9.10. The fourth-order valence-electron chi connectivity index (χ4n) is 2.00. The number of carbonyl (C=O) groups is 1. The summed E-state index contributed by atoms with van der Waals surface area (Å²) in [6.07, 6.45) is 0.841. The van der Waals surface area contributed by atoms with Gasteiger partial charge in [-0.3, -0.25) is 4.79 Å². The summed E-state index contributed by atoms with van der Waals surface area (Å²) in [5.41, 5.74) is 1.96. The molecule has 2 rings (SSSR count). The Morgan fingerprint density at radius 1 is 1.11 bits per heavy atom. The van der Waals surface area contributed by atoms with Crippen molar-refractivity contribution in [3.05, 3.63) is 64.1 Å². The normalized spacial score (nSPS) is 10.2. The zero-order valence-corrected chi connectivity index (χ0v) is 12.3. The molecule has 0 amide bonds. The van der Waals surface area contributed by atoms with E-state index in [0.717, 1.165) is 21.3 Å². The Bertz CT molecular complexity index is 578. The van der Waals surface area contributed by atoms with Gasteiger partial charge in [-0.25, -0.2) is 0 Å². The number of ether oxygens (including phenoxy) is 1. The summed E-state index contributed by atoms with van der Waals surface area (Å²) >= 11 is 3.41. The number of methoxy groups -OCH3 is 1. The van der Waals surface area contributed by atoms with Gasteiger partial charge in [0.2, 0.25) is 0 Å². The molecule has 0 aliphatic carbocycles. The second-order valence-electron chi connectivity index (χ2n) is 4.33. The lowest BCUT2D eigenvalue weighted by atomic mass is 10.0. The van der Waals surface area contributed by atoms with E-state index in [9.17, 15) is 4.79 Å². The van der Waals surface area contributed by atoms with E-state index in [0.29, 0.717) is 12.8 Å². The zero-order valence-electron chi connectivity index (χ0n) is 10.7. The van der Waals surface area contributed by atoms with Crippen LogP contribution >= 0.6 is 15.9 Å². The van der Waals surface area contributed by atoms with E-state index >= 15 is 0 Å². The number of rotatable bonds is 5. The number of carbonyl (C=O) groups excluding carboxylic acids is 1.